The molecule has 0 saturated heterocycles. The summed E-state index contributed by atoms with van der Waals surface area (Å²) >= 11 is 12.2. The van der Waals surface area contributed by atoms with Crippen LogP contribution >= 0.6 is 35.0 Å². The average molecular weight is 283 g/mol. The minimum atomic E-state index is -1.75. The van der Waals surface area contributed by atoms with E-state index in [9.17, 15) is 9.18 Å². The van der Waals surface area contributed by atoms with E-state index in [-0.39, 0.29) is 6.61 Å². The van der Waals surface area contributed by atoms with Gasteiger partial charge in [0.15, 0.2) is 0 Å². The van der Waals surface area contributed by atoms with Crippen molar-refractivity contribution in [2.75, 3.05) is 6.61 Å². The van der Waals surface area contributed by atoms with Crippen molar-refractivity contribution >= 4 is 40.9 Å². The number of ether oxygens (including phenoxy) is 1. The van der Waals surface area contributed by atoms with Crippen LogP contribution in [0.25, 0.3) is 0 Å². The van der Waals surface area contributed by atoms with Crippen LogP contribution in [-0.2, 0) is 9.53 Å². The van der Waals surface area contributed by atoms with E-state index >= 15 is 0 Å². The van der Waals surface area contributed by atoms with E-state index < -0.39 is 11.5 Å². The summed E-state index contributed by atoms with van der Waals surface area (Å²) in [6, 6.07) is 4.63. The molecule has 1 aromatic rings. The van der Waals surface area contributed by atoms with Gasteiger partial charge in [-0.15, -0.1) is 0 Å². The van der Waals surface area contributed by atoms with Crippen molar-refractivity contribution in [3.8, 4) is 0 Å². The smallest absolute Gasteiger partial charge is 0.351 e. The summed E-state index contributed by atoms with van der Waals surface area (Å²) in [5, 5.41) is 0.709. The maximum Gasteiger partial charge on any atom is 0.351 e. The lowest BCUT2D eigenvalue weighted by Gasteiger charge is -2.07. The van der Waals surface area contributed by atoms with Crippen LogP contribution in [0, 0.1) is 0 Å². The van der Waals surface area contributed by atoms with Gasteiger partial charge in [0.1, 0.15) is 0 Å². The summed E-state index contributed by atoms with van der Waals surface area (Å²) < 4.78 is 17.8. The van der Waals surface area contributed by atoms with Gasteiger partial charge < -0.3 is 4.74 Å². The molecule has 16 heavy (non-hydrogen) atoms. The molecule has 0 fully saturated rings. The maximum atomic E-state index is 13.3. The van der Waals surface area contributed by atoms with E-state index in [1.54, 1.807) is 19.1 Å². The molecule has 1 atom stereocenters. The zero-order valence-electron chi connectivity index (χ0n) is 8.38. The maximum absolute atomic E-state index is 13.3. The number of halogens is 3. The number of alkyl halides is 1. The minimum absolute atomic E-state index is 0.154. The predicted octanol–water partition coefficient (Wildman–Crippen LogP) is 3.94. The molecular weight excluding hydrogens is 274 g/mol. The van der Waals surface area contributed by atoms with Gasteiger partial charge in [-0.1, -0.05) is 35.0 Å². The third-order valence-corrected chi connectivity index (χ3v) is 3.27. The second-order valence-electron chi connectivity index (χ2n) is 2.76. The Bertz CT molecular complexity index is 387. The second kappa shape index (κ2) is 6.33. The van der Waals surface area contributed by atoms with E-state index in [1.165, 1.54) is 6.07 Å². The highest BCUT2D eigenvalue weighted by Crippen LogP contribution is 2.31. The molecule has 1 unspecified atom stereocenters. The van der Waals surface area contributed by atoms with Gasteiger partial charge in [-0.3, -0.25) is 0 Å². The monoisotopic (exact) mass is 282 g/mol. The fourth-order valence-electron chi connectivity index (χ4n) is 0.926. The van der Waals surface area contributed by atoms with Crippen LogP contribution in [0.1, 0.15) is 6.92 Å². The zero-order chi connectivity index (χ0) is 12.1. The van der Waals surface area contributed by atoms with Gasteiger partial charge in [-0.2, -0.15) is 0 Å². The number of carbonyl (C=O) groups is 1. The average Bonchev–Trinajstić information content (AvgIpc) is 2.24. The van der Waals surface area contributed by atoms with E-state index in [0.29, 0.717) is 14.9 Å². The van der Waals surface area contributed by atoms with Crippen molar-refractivity contribution in [2.45, 2.75) is 17.3 Å². The van der Waals surface area contributed by atoms with Gasteiger partial charge >= 0.3 is 5.97 Å². The summed E-state index contributed by atoms with van der Waals surface area (Å²) in [6.45, 7) is 1.77. The molecular formula is C10H9Cl2FO2S. The molecule has 1 aromatic carbocycles. The summed E-state index contributed by atoms with van der Waals surface area (Å²) in [5.41, 5.74) is -1.75. The van der Waals surface area contributed by atoms with Gasteiger partial charge in [0, 0.05) is 4.90 Å². The van der Waals surface area contributed by atoms with Crippen LogP contribution < -0.4 is 0 Å². The fourth-order valence-corrected chi connectivity index (χ4v) is 2.02. The van der Waals surface area contributed by atoms with E-state index in [1.807, 2.05) is 0 Å². The van der Waals surface area contributed by atoms with Crippen LogP contribution in [0.5, 0.6) is 0 Å². The topological polar surface area (TPSA) is 26.3 Å². The molecule has 0 radical (unpaired) electrons. The molecule has 0 aliphatic rings. The lowest BCUT2D eigenvalue weighted by atomic mass is 10.4. The van der Waals surface area contributed by atoms with Crippen LogP contribution in [0.15, 0.2) is 23.1 Å². The third-order valence-electron chi connectivity index (χ3n) is 1.60. The first kappa shape index (κ1) is 13.6. The largest absolute Gasteiger partial charge is 0.463 e. The molecule has 0 heterocycles. The first-order chi connectivity index (χ1) is 7.54. The van der Waals surface area contributed by atoms with Crippen molar-refractivity contribution in [1.82, 2.24) is 0 Å². The number of carbonyl (C=O) groups excluding carboxylic acids is 1. The van der Waals surface area contributed by atoms with Crippen molar-refractivity contribution < 1.29 is 13.9 Å². The summed E-state index contributed by atoms with van der Waals surface area (Å²) in [5.74, 6) is -0.890. The number of rotatable bonds is 4. The molecule has 0 aromatic heterocycles. The number of esters is 1. The van der Waals surface area contributed by atoms with E-state index in [4.69, 9.17) is 23.2 Å². The Hall–Kier alpha value is -0.450. The van der Waals surface area contributed by atoms with Gasteiger partial charge in [-0.25, -0.2) is 9.18 Å². The normalized spacial score (nSPS) is 12.2. The van der Waals surface area contributed by atoms with Gasteiger partial charge in [0.2, 0.25) is 5.50 Å². The predicted molar refractivity (Wildman–Crippen MR) is 63.8 cm³/mol. The van der Waals surface area contributed by atoms with Crippen LogP contribution in [-0.4, -0.2) is 18.1 Å². The Morgan fingerprint density at radius 2 is 2.19 bits per heavy atom. The molecule has 88 valence electrons. The van der Waals surface area contributed by atoms with Gasteiger partial charge in [0.25, 0.3) is 0 Å². The van der Waals surface area contributed by atoms with Gasteiger partial charge in [0.05, 0.1) is 16.7 Å². The molecule has 2 nitrogen and oxygen atoms in total. The van der Waals surface area contributed by atoms with E-state index in [2.05, 4.69) is 4.74 Å². The molecule has 0 aliphatic carbocycles. The molecule has 0 bridgehead atoms. The summed E-state index contributed by atoms with van der Waals surface area (Å²) in [7, 11) is 0. The highest BCUT2D eigenvalue weighted by Gasteiger charge is 2.20. The quantitative estimate of drug-likeness (QED) is 0.618. The molecule has 0 spiro atoms. The first-order valence-electron chi connectivity index (χ1n) is 4.47. The van der Waals surface area contributed by atoms with Crippen LogP contribution in [0.4, 0.5) is 4.39 Å². The standard InChI is InChI=1S/C10H9Cl2FO2S/c1-2-15-10(14)9(13)16-6-3-4-7(11)8(12)5-6/h3-5,9H,2H2,1H3. The van der Waals surface area contributed by atoms with Crippen molar-refractivity contribution in [1.29, 1.82) is 0 Å². The van der Waals surface area contributed by atoms with Crippen molar-refractivity contribution in [2.24, 2.45) is 0 Å². The molecule has 0 N–H and O–H groups in total. The molecule has 1 rings (SSSR count). The number of benzene rings is 1. The summed E-state index contributed by atoms with van der Waals surface area (Å²) in [4.78, 5) is 11.5. The third kappa shape index (κ3) is 3.85. The number of hydrogen-bond donors (Lipinski definition) is 0. The number of thioether (sulfide) groups is 1. The molecule has 0 aliphatic heterocycles. The lowest BCUT2D eigenvalue weighted by Crippen LogP contribution is -2.15. The minimum Gasteiger partial charge on any atom is -0.463 e. The Kier molecular flexibility index (Phi) is 5.38. The fraction of sp³-hybridized carbons (Fsp3) is 0.300. The lowest BCUT2D eigenvalue weighted by molar-refractivity contribution is -0.145. The second-order valence-corrected chi connectivity index (χ2v) is 4.70. The Morgan fingerprint density at radius 1 is 1.50 bits per heavy atom. The Labute approximate surface area is 107 Å². The van der Waals surface area contributed by atoms with Crippen LogP contribution in [0.3, 0.4) is 0 Å². The van der Waals surface area contributed by atoms with Crippen molar-refractivity contribution in [3.05, 3.63) is 28.2 Å². The molecule has 0 amide bonds. The van der Waals surface area contributed by atoms with E-state index in [0.717, 1.165) is 11.8 Å². The molecule has 0 saturated carbocycles. The summed E-state index contributed by atoms with van der Waals surface area (Å²) in [6.07, 6.45) is 0. The number of hydrogen-bond acceptors (Lipinski definition) is 3. The van der Waals surface area contributed by atoms with Crippen LogP contribution in [0.2, 0.25) is 10.0 Å². The Balaban J connectivity index is 2.66. The highest BCUT2D eigenvalue weighted by molar-refractivity contribution is 8.00. The molecule has 6 heteroatoms. The first-order valence-corrected chi connectivity index (χ1v) is 6.10. The Morgan fingerprint density at radius 3 is 2.75 bits per heavy atom. The van der Waals surface area contributed by atoms with Crippen molar-refractivity contribution in [3.63, 3.8) is 0 Å². The van der Waals surface area contributed by atoms with Gasteiger partial charge in [-0.05, 0) is 25.1 Å². The highest BCUT2D eigenvalue weighted by atomic mass is 35.5. The zero-order valence-corrected chi connectivity index (χ0v) is 10.7. The SMILES string of the molecule is CCOC(=O)C(F)Sc1ccc(Cl)c(Cl)c1.